The molecule has 0 aliphatic heterocycles. The molecule has 6 heteroatoms. The first-order chi connectivity index (χ1) is 15.1. The van der Waals surface area contributed by atoms with Gasteiger partial charge in [0, 0.05) is 23.8 Å². The topological polar surface area (TPSA) is 67.1 Å². The first-order valence-electron chi connectivity index (χ1n) is 10.5. The monoisotopic (exact) mass is 426 g/mol. The van der Waals surface area contributed by atoms with Crippen LogP contribution in [0.2, 0.25) is 0 Å². The summed E-state index contributed by atoms with van der Waals surface area (Å²) in [7, 11) is 6.29. The molecule has 0 fully saturated rings. The molecule has 0 atom stereocenters. The first kappa shape index (κ1) is 22.5. The van der Waals surface area contributed by atoms with Crippen molar-refractivity contribution in [3.05, 3.63) is 46.1 Å². The van der Waals surface area contributed by atoms with E-state index in [-0.39, 0.29) is 5.43 Å². The molecule has 31 heavy (non-hydrogen) atoms. The van der Waals surface area contributed by atoms with E-state index >= 15 is 0 Å². The molecule has 0 N–H and O–H groups in total. The maximum atomic E-state index is 13.6. The number of ether oxygens (including phenoxy) is 4. The van der Waals surface area contributed by atoms with Crippen LogP contribution in [0.1, 0.15) is 38.2 Å². The zero-order chi connectivity index (χ0) is 22.4. The Morgan fingerprint density at radius 3 is 2.16 bits per heavy atom. The maximum Gasteiger partial charge on any atom is 0.200 e. The van der Waals surface area contributed by atoms with Gasteiger partial charge in [-0.15, -0.1) is 0 Å². The summed E-state index contributed by atoms with van der Waals surface area (Å²) in [6.45, 7) is 2.16. The van der Waals surface area contributed by atoms with Crippen LogP contribution in [0.3, 0.4) is 0 Å². The quantitative estimate of drug-likeness (QED) is 0.392. The van der Waals surface area contributed by atoms with Crippen LogP contribution in [-0.4, -0.2) is 28.4 Å². The van der Waals surface area contributed by atoms with Gasteiger partial charge >= 0.3 is 0 Å². The molecule has 0 spiro atoms. The Hall–Kier alpha value is -3.15. The van der Waals surface area contributed by atoms with E-state index in [1.807, 2.05) is 12.1 Å². The molecule has 0 saturated heterocycles. The van der Waals surface area contributed by atoms with Crippen molar-refractivity contribution in [2.45, 2.75) is 39.0 Å². The Morgan fingerprint density at radius 2 is 1.52 bits per heavy atom. The summed E-state index contributed by atoms with van der Waals surface area (Å²) < 4.78 is 28.1. The minimum absolute atomic E-state index is 0.0925. The summed E-state index contributed by atoms with van der Waals surface area (Å²) in [5.74, 6) is 2.73. The zero-order valence-electron chi connectivity index (χ0n) is 18.9. The van der Waals surface area contributed by atoms with Crippen LogP contribution >= 0.6 is 0 Å². The summed E-state index contributed by atoms with van der Waals surface area (Å²) in [5, 5.41) is 0.421. The number of hydrogen-bond donors (Lipinski definition) is 0. The third-order valence-corrected chi connectivity index (χ3v) is 5.42. The Balaban J connectivity index is 2.28. The molecule has 3 rings (SSSR count). The third-order valence-electron chi connectivity index (χ3n) is 5.42. The molecule has 6 nitrogen and oxygen atoms in total. The Morgan fingerprint density at radius 1 is 0.806 bits per heavy atom. The third kappa shape index (κ3) is 4.63. The van der Waals surface area contributed by atoms with Crippen LogP contribution < -0.4 is 24.4 Å². The van der Waals surface area contributed by atoms with Crippen LogP contribution in [0.4, 0.5) is 0 Å². The molecule has 1 aromatic heterocycles. The molecule has 0 unspecified atom stereocenters. The molecular formula is C25H30O6. The minimum Gasteiger partial charge on any atom is -0.497 e. The lowest BCUT2D eigenvalue weighted by Crippen LogP contribution is -2.13. The number of unbranched alkanes of at least 4 members (excludes halogenated alkanes) is 3. The molecule has 2 aromatic carbocycles. The lowest BCUT2D eigenvalue weighted by Gasteiger charge is -2.15. The number of hydrogen-bond acceptors (Lipinski definition) is 6. The van der Waals surface area contributed by atoms with E-state index in [0.29, 0.717) is 57.3 Å². The molecule has 0 bridgehead atoms. The molecule has 0 aliphatic carbocycles. The van der Waals surface area contributed by atoms with Gasteiger partial charge in [0.1, 0.15) is 39.7 Å². The van der Waals surface area contributed by atoms with E-state index in [2.05, 4.69) is 6.92 Å². The van der Waals surface area contributed by atoms with Gasteiger partial charge < -0.3 is 23.4 Å². The minimum atomic E-state index is -0.0925. The smallest absolute Gasteiger partial charge is 0.200 e. The van der Waals surface area contributed by atoms with Gasteiger partial charge in [0.2, 0.25) is 0 Å². The number of benzene rings is 2. The van der Waals surface area contributed by atoms with E-state index in [4.69, 9.17) is 23.4 Å². The molecule has 1 heterocycles. The normalized spacial score (nSPS) is 10.9. The van der Waals surface area contributed by atoms with Gasteiger partial charge in [-0.3, -0.25) is 4.79 Å². The van der Waals surface area contributed by atoms with Crippen LogP contribution in [0, 0.1) is 0 Å². The molecule has 0 saturated carbocycles. The van der Waals surface area contributed by atoms with E-state index in [0.717, 1.165) is 25.7 Å². The molecule has 3 aromatic rings. The summed E-state index contributed by atoms with van der Waals surface area (Å²) in [6, 6.07) is 8.88. The summed E-state index contributed by atoms with van der Waals surface area (Å²) in [5.41, 5.74) is 1.64. The summed E-state index contributed by atoms with van der Waals surface area (Å²) in [4.78, 5) is 13.6. The van der Waals surface area contributed by atoms with E-state index in [1.54, 1.807) is 39.5 Å². The van der Waals surface area contributed by atoms with Crippen LogP contribution in [-0.2, 0) is 6.42 Å². The van der Waals surface area contributed by atoms with Gasteiger partial charge in [0.25, 0.3) is 0 Å². The highest BCUT2D eigenvalue weighted by atomic mass is 16.5. The van der Waals surface area contributed by atoms with Gasteiger partial charge in [-0.2, -0.15) is 0 Å². The summed E-state index contributed by atoms with van der Waals surface area (Å²) >= 11 is 0. The van der Waals surface area contributed by atoms with Crippen molar-refractivity contribution in [3.63, 3.8) is 0 Å². The zero-order valence-corrected chi connectivity index (χ0v) is 18.9. The molecular weight excluding hydrogens is 396 g/mol. The fourth-order valence-electron chi connectivity index (χ4n) is 3.73. The van der Waals surface area contributed by atoms with Crippen LogP contribution in [0.25, 0.3) is 22.3 Å². The highest BCUT2D eigenvalue weighted by molar-refractivity contribution is 5.88. The lowest BCUT2D eigenvalue weighted by atomic mass is 9.98. The average molecular weight is 427 g/mol. The number of rotatable bonds is 10. The van der Waals surface area contributed by atoms with Gasteiger partial charge in [0.15, 0.2) is 5.43 Å². The van der Waals surface area contributed by atoms with Crippen molar-refractivity contribution in [1.29, 1.82) is 0 Å². The Labute approximate surface area is 182 Å². The second kappa shape index (κ2) is 10.2. The number of methoxy groups -OCH3 is 4. The van der Waals surface area contributed by atoms with E-state index in [9.17, 15) is 4.79 Å². The van der Waals surface area contributed by atoms with Crippen molar-refractivity contribution in [3.8, 4) is 34.3 Å². The second-order valence-corrected chi connectivity index (χ2v) is 7.32. The first-order valence-corrected chi connectivity index (χ1v) is 10.5. The standard InChI is InChI=1S/C25H30O6/c1-6-7-8-9-10-19-24(26)23-21(30-5)14-17(28-3)15-22(23)31-25(19)18-12-11-16(27-2)13-20(18)29-4/h11-15H,6-10H2,1-5H3. The lowest BCUT2D eigenvalue weighted by molar-refractivity contribution is 0.394. The molecule has 0 radical (unpaired) electrons. The van der Waals surface area contributed by atoms with E-state index in [1.165, 1.54) is 7.11 Å². The van der Waals surface area contributed by atoms with Gasteiger partial charge in [-0.25, -0.2) is 0 Å². The highest BCUT2D eigenvalue weighted by Crippen LogP contribution is 2.38. The van der Waals surface area contributed by atoms with Crippen molar-refractivity contribution in [2.75, 3.05) is 28.4 Å². The average Bonchev–Trinajstić information content (AvgIpc) is 2.81. The van der Waals surface area contributed by atoms with Crippen LogP contribution in [0.5, 0.6) is 23.0 Å². The van der Waals surface area contributed by atoms with Gasteiger partial charge in [0.05, 0.1) is 34.0 Å². The largest absolute Gasteiger partial charge is 0.497 e. The fraction of sp³-hybridized carbons (Fsp3) is 0.400. The highest BCUT2D eigenvalue weighted by Gasteiger charge is 2.22. The predicted molar refractivity (Wildman–Crippen MR) is 122 cm³/mol. The summed E-state index contributed by atoms with van der Waals surface area (Å²) in [6.07, 6.45) is 4.80. The maximum absolute atomic E-state index is 13.6. The van der Waals surface area contributed by atoms with Crippen molar-refractivity contribution >= 4 is 11.0 Å². The molecule has 0 amide bonds. The van der Waals surface area contributed by atoms with Crippen molar-refractivity contribution in [1.82, 2.24) is 0 Å². The fourth-order valence-corrected chi connectivity index (χ4v) is 3.73. The molecule has 0 aliphatic rings. The Kier molecular flexibility index (Phi) is 7.45. The number of fused-ring (bicyclic) bond motifs is 1. The van der Waals surface area contributed by atoms with Gasteiger partial charge in [-0.1, -0.05) is 26.2 Å². The van der Waals surface area contributed by atoms with Crippen molar-refractivity contribution < 1.29 is 23.4 Å². The van der Waals surface area contributed by atoms with Crippen LogP contribution in [0.15, 0.2) is 39.5 Å². The van der Waals surface area contributed by atoms with Crippen molar-refractivity contribution in [2.24, 2.45) is 0 Å². The Bertz CT molecular complexity index is 1100. The second-order valence-electron chi connectivity index (χ2n) is 7.32. The molecule has 166 valence electrons. The SMILES string of the molecule is CCCCCCc1c(-c2ccc(OC)cc2OC)oc2cc(OC)cc(OC)c2c1=O. The van der Waals surface area contributed by atoms with E-state index < -0.39 is 0 Å². The van der Waals surface area contributed by atoms with Gasteiger partial charge in [-0.05, 0) is 25.0 Å². The predicted octanol–water partition coefficient (Wildman–Crippen LogP) is 5.62.